The van der Waals surface area contributed by atoms with Gasteiger partial charge in [-0.2, -0.15) is 0 Å². The average Bonchev–Trinajstić information content (AvgIpc) is 2.93. The van der Waals surface area contributed by atoms with Crippen molar-refractivity contribution in [2.45, 2.75) is 32.4 Å². The lowest BCUT2D eigenvalue weighted by molar-refractivity contribution is 0.0938. The second-order valence-corrected chi connectivity index (χ2v) is 8.93. The summed E-state index contributed by atoms with van der Waals surface area (Å²) in [6, 6.07) is 10.7. The molecule has 0 bridgehead atoms. The van der Waals surface area contributed by atoms with Crippen LogP contribution in [0.25, 0.3) is 11.4 Å². The summed E-state index contributed by atoms with van der Waals surface area (Å²) in [7, 11) is -3.01. The zero-order chi connectivity index (χ0) is 18.7. The SMILES string of the molecule is CC(C)NC(=O)c1cc(NC2CCS(=O)(=O)C2)nc(-c2ccccc2)n1. The molecule has 1 saturated heterocycles. The third kappa shape index (κ3) is 4.57. The van der Waals surface area contributed by atoms with Crippen LogP contribution in [0.5, 0.6) is 0 Å². The van der Waals surface area contributed by atoms with Gasteiger partial charge in [-0.05, 0) is 20.3 Å². The Hall–Kier alpha value is -2.48. The Labute approximate surface area is 153 Å². The van der Waals surface area contributed by atoms with E-state index in [1.807, 2.05) is 44.2 Å². The van der Waals surface area contributed by atoms with Crippen molar-refractivity contribution in [3.05, 3.63) is 42.1 Å². The predicted octanol–water partition coefficient (Wildman–Crippen LogP) is 1.88. The molecule has 1 aromatic carbocycles. The lowest BCUT2D eigenvalue weighted by Crippen LogP contribution is -2.31. The molecule has 0 radical (unpaired) electrons. The number of rotatable bonds is 5. The highest BCUT2D eigenvalue weighted by molar-refractivity contribution is 7.91. The Morgan fingerprint density at radius 3 is 2.54 bits per heavy atom. The Morgan fingerprint density at radius 2 is 1.92 bits per heavy atom. The van der Waals surface area contributed by atoms with E-state index in [0.29, 0.717) is 18.1 Å². The van der Waals surface area contributed by atoms with E-state index in [9.17, 15) is 13.2 Å². The third-order valence-corrected chi connectivity index (χ3v) is 5.76. The zero-order valence-electron chi connectivity index (χ0n) is 14.8. The molecule has 0 aliphatic carbocycles. The van der Waals surface area contributed by atoms with E-state index in [1.165, 1.54) is 0 Å². The number of nitrogens with zero attached hydrogens (tertiary/aromatic N) is 2. The molecule has 1 atom stereocenters. The minimum Gasteiger partial charge on any atom is -0.366 e. The van der Waals surface area contributed by atoms with E-state index in [2.05, 4.69) is 20.6 Å². The van der Waals surface area contributed by atoms with Crippen LogP contribution >= 0.6 is 0 Å². The molecule has 2 heterocycles. The van der Waals surface area contributed by atoms with Gasteiger partial charge in [-0.25, -0.2) is 18.4 Å². The van der Waals surface area contributed by atoms with Crippen LogP contribution in [0.1, 0.15) is 30.8 Å². The highest BCUT2D eigenvalue weighted by Gasteiger charge is 2.28. The van der Waals surface area contributed by atoms with Crippen LogP contribution in [0, 0.1) is 0 Å². The summed E-state index contributed by atoms with van der Waals surface area (Å²) in [6.45, 7) is 3.75. The smallest absolute Gasteiger partial charge is 0.270 e. The molecule has 2 aromatic rings. The highest BCUT2D eigenvalue weighted by atomic mass is 32.2. The van der Waals surface area contributed by atoms with Gasteiger partial charge in [0.05, 0.1) is 11.5 Å². The van der Waals surface area contributed by atoms with Gasteiger partial charge in [0.1, 0.15) is 11.5 Å². The first-order valence-electron chi connectivity index (χ1n) is 8.55. The Kier molecular flexibility index (Phi) is 5.22. The lowest BCUT2D eigenvalue weighted by atomic mass is 10.2. The molecule has 1 aliphatic rings. The van der Waals surface area contributed by atoms with Crippen molar-refractivity contribution in [2.75, 3.05) is 16.8 Å². The number of amides is 1. The van der Waals surface area contributed by atoms with Crippen molar-refractivity contribution >= 4 is 21.6 Å². The fourth-order valence-electron chi connectivity index (χ4n) is 2.81. The molecule has 0 saturated carbocycles. The van der Waals surface area contributed by atoms with Gasteiger partial charge in [0.2, 0.25) is 0 Å². The molecule has 1 aliphatic heterocycles. The molecule has 26 heavy (non-hydrogen) atoms. The summed E-state index contributed by atoms with van der Waals surface area (Å²) >= 11 is 0. The van der Waals surface area contributed by atoms with Gasteiger partial charge in [0.15, 0.2) is 15.7 Å². The Bertz CT molecular complexity index is 898. The normalized spacial score (nSPS) is 18.7. The van der Waals surface area contributed by atoms with E-state index in [4.69, 9.17) is 0 Å². The summed E-state index contributed by atoms with van der Waals surface area (Å²) in [5, 5.41) is 5.96. The monoisotopic (exact) mass is 374 g/mol. The molecule has 2 N–H and O–H groups in total. The van der Waals surface area contributed by atoms with Crippen molar-refractivity contribution < 1.29 is 13.2 Å². The Balaban J connectivity index is 1.93. The molecule has 1 amide bonds. The number of benzene rings is 1. The summed E-state index contributed by atoms with van der Waals surface area (Å²) < 4.78 is 23.4. The first-order chi connectivity index (χ1) is 12.3. The maximum absolute atomic E-state index is 12.4. The fourth-order valence-corrected chi connectivity index (χ4v) is 4.48. The zero-order valence-corrected chi connectivity index (χ0v) is 15.6. The molecular weight excluding hydrogens is 352 g/mol. The summed E-state index contributed by atoms with van der Waals surface area (Å²) in [6.07, 6.45) is 0.528. The van der Waals surface area contributed by atoms with Crippen LogP contribution in [0.15, 0.2) is 36.4 Å². The molecule has 1 fully saturated rings. The Morgan fingerprint density at radius 1 is 1.19 bits per heavy atom. The minimum absolute atomic E-state index is 0.0194. The van der Waals surface area contributed by atoms with Gasteiger partial charge in [-0.1, -0.05) is 30.3 Å². The molecule has 7 nitrogen and oxygen atoms in total. The number of carbonyl (C=O) groups excluding carboxylic acids is 1. The summed E-state index contributed by atoms with van der Waals surface area (Å²) in [5.41, 5.74) is 1.03. The van der Waals surface area contributed by atoms with Crippen molar-refractivity contribution in [2.24, 2.45) is 0 Å². The average molecular weight is 374 g/mol. The summed E-state index contributed by atoms with van der Waals surface area (Å²) in [4.78, 5) is 21.3. The van der Waals surface area contributed by atoms with Gasteiger partial charge >= 0.3 is 0 Å². The van der Waals surface area contributed by atoms with Gasteiger partial charge in [0.25, 0.3) is 5.91 Å². The molecule has 3 rings (SSSR count). The maximum atomic E-state index is 12.4. The standard InChI is InChI=1S/C18H22N4O3S/c1-12(2)19-18(23)15-10-16(20-14-8-9-26(24,25)11-14)22-17(21-15)13-6-4-3-5-7-13/h3-7,10,12,14H,8-9,11H2,1-2H3,(H,19,23)(H,20,21,22). The molecule has 1 unspecified atom stereocenters. The number of nitrogens with one attached hydrogen (secondary N) is 2. The maximum Gasteiger partial charge on any atom is 0.270 e. The van der Waals surface area contributed by atoms with Crippen LogP contribution in [0.4, 0.5) is 5.82 Å². The van der Waals surface area contributed by atoms with Crippen molar-refractivity contribution in [1.82, 2.24) is 15.3 Å². The number of hydrogen-bond acceptors (Lipinski definition) is 6. The van der Waals surface area contributed by atoms with Crippen molar-refractivity contribution in [3.8, 4) is 11.4 Å². The molecule has 138 valence electrons. The number of anilines is 1. The quantitative estimate of drug-likeness (QED) is 0.829. The van der Waals surface area contributed by atoms with E-state index in [0.717, 1.165) is 5.56 Å². The molecule has 1 aromatic heterocycles. The molecule has 8 heteroatoms. The van der Waals surface area contributed by atoms with Gasteiger partial charge < -0.3 is 10.6 Å². The van der Waals surface area contributed by atoms with Crippen LogP contribution in [-0.2, 0) is 9.84 Å². The number of hydrogen-bond donors (Lipinski definition) is 2. The highest BCUT2D eigenvalue weighted by Crippen LogP contribution is 2.21. The van der Waals surface area contributed by atoms with Crippen LogP contribution < -0.4 is 10.6 Å². The molecule has 0 spiro atoms. The van der Waals surface area contributed by atoms with Crippen molar-refractivity contribution in [1.29, 1.82) is 0 Å². The van der Waals surface area contributed by atoms with E-state index in [-0.39, 0.29) is 35.2 Å². The fraction of sp³-hybridized carbons (Fsp3) is 0.389. The van der Waals surface area contributed by atoms with Crippen molar-refractivity contribution in [3.63, 3.8) is 0 Å². The topological polar surface area (TPSA) is 101 Å². The van der Waals surface area contributed by atoms with Crippen LogP contribution in [0.2, 0.25) is 0 Å². The van der Waals surface area contributed by atoms with E-state index >= 15 is 0 Å². The molecular formula is C18H22N4O3S. The van der Waals surface area contributed by atoms with Crippen LogP contribution in [0.3, 0.4) is 0 Å². The van der Waals surface area contributed by atoms with E-state index < -0.39 is 9.84 Å². The largest absolute Gasteiger partial charge is 0.366 e. The second-order valence-electron chi connectivity index (χ2n) is 6.70. The number of sulfone groups is 1. The first kappa shape index (κ1) is 18.3. The van der Waals surface area contributed by atoms with Gasteiger partial charge in [-0.3, -0.25) is 4.79 Å². The lowest BCUT2D eigenvalue weighted by Gasteiger charge is -2.14. The van der Waals surface area contributed by atoms with Crippen LogP contribution in [-0.4, -0.2) is 47.9 Å². The number of carbonyl (C=O) groups is 1. The van der Waals surface area contributed by atoms with Gasteiger partial charge in [0, 0.05) is 23.7 Å². The van der Waals surface area contributed by atoms with E-state index in [1.54, 1.807) is 6.07 Å². The third-order valence-electron chi connectivity index (χ3n) is 3.99. The minimum atomic E-state index is -3.01. The number of aromatic nitrogens is 2. The first-order valence-corrected chi connectivity index (χ1v) is 10.4. The predicted molar refractivity (Wildman–Crippen MR) is 101 cm³/mol. The second kappa shape index (κ2) is 7.41. The summed E-state index contributed by atoms with van der Waals surface area (Å²) in [5.74, 6) is 0.828. The van der Waals surface area contributed by atoms with Gasteiger partial charge in [-0.15, -0.1) is 0 Å².